The SMILES string of the molecule is CCC1([C@H](NC(=O)c2ccc(C#CC#CCCO)cc2)C(=O)OC)CS(=O)(=O)C1. The molecule has 1 fully saturated rings. The van der Waals surface area contributed by atoms with Crippen LogP contribution in [0, 0.1) is 29.1 Å². The number of nitrogens with one attached hydrogen (secondary N) is 1. The zero-order valence-corrected chi connectivity index (χ0v) is 17.1. The maximum atomic E-state index is 12.6. The lowest BCUT2D eigenvalue weighted by molar-refractivity contribution is -0.146. The van der Waals surface area contributed by atoms with E-state index in [2.05, 4.69) is 29.0 Å². The Labute approximate surface area is 170 Å². The predicted octanol–water partition coefficient (Wildman–Crippen LogP) is 0.520. The summed E-state index contributed by atoms with van der Waals surface area (Å²) >= 11 is 0. The summed E-state index contributed by atoms with van der Waals surface area (Å²) in [5, 5.41) is 11.3. The van der Waals surface area contributed by atoms with Gasteiger partial charge in [-0.3, -0.25) is 4.79 Å². The quantitative estimate of drug-likeness (QED) is 0.516. The second-order valence-corrected chi connectivity index (χ2v) is 8.85. The Kier molecular flexibility index (Phi) is 7.44. The number of sulfone groups is 1. The number of rotatable bonds is 6. The monoisotopic (exact) mass is 417 g/mol. The van der Waals surface area contributed by atoms with Crippen LogP contribution in [-0.4, -0.2) is 56.7 Å². The van der Waals surface area contributed by atoms with Crippen LogP contribution in [0.15, 0.2) is 24.3 Å². The van der Waals surface area contributed by atoms with E-state index >= 15 is 0 Å². The van der Waals surface area contributed by atoms with Crippen LogP contribution < -0.4 is 5.32 Å². The summed E-state index contributed by atoms with van der Waals surface area (Å²) in [4.78, 5) is 24.9. The third-order valence-electron chi connectivity index (χ3n) is 4.79. The largest absolute Gasteiger partial charge is 0.467 e. The molecule has 1 atom stereocenters. The van der Waals surface area contributed by atoms with Crippen molar-refractivity contribution in [2.24, 2.45) is 5.41 Å². The summed E-state index contributed by atoms with van der Waals surface area (Å²) in [6.45, 7) is 1.77. The van der Waals surface area contributed by atoms with E-state index in [9.17, 15) is 18.0 Å². The molecule has 154 valence electrons. The molecule has 1 amide bonds. The zero-order chi connectivity index (χ0) is 21.5. The van der Waals surface area contributed by atoms with Gasteiger partial charge in [0.2, 0.25) is 0 Å². The van der Waals surface area contributed by atoms with Crippen LogP contribution in [0.5, 0.6) is 0 Å². The van der Waals surface area contributed by atoms with Crippen molar-refractivity contribution in [3.8, 4) is 23.7 Å². The minimum Gasteiger partial charge on any atom is -0.467 e. The van der Waals surface area contributed by atoms with Crippen molar-refractivity contribution in [3.63, 3.8) is 0 Å². The van der Waals surface area contributed by atoms with Gasteiger partial charge in [-0.2, -0.15) is 0 Å². The third kappa shape index (κ3) is 5.60. The number of esters is 1. The highest BCUT2D eigenvalue weighted by molar-refractivity contribution is 7.92. The minimum absolute atomic E-state index is 0.0176. The van der Waals surface area contributed by atoms with Crippen molar-refractivity contribution in [3.05, 3.63) is 35.4 Å². The standard InChI is InChI=1S/C21H23NO6S/c1-3-21(14-29(26,27)15-21)18(20(25)28-2)22-19(24)17-11-9-16(10-12-17)8-6-4-5-7-13-23/h9-12,18,23H,3,7,13-15H2,1-2H3,(H,22,24)/t18-/m1/s1. The van der Waals surface area contributed by atoms with Crippen LogP contribution >= 0.6 is 0 Å². The highest BCUT2D eigenvalue weighted by Gasteiger charge is 2.55. The highest BCUT2D eigenvalue weighted by Crippen LogP contribution is 2.40. The van der Waals surface area contributed by atoms with Gasteiger partial charge >= 0.3 is 5.97 Å². The smallest absolute Gasteiger partial charge is 0.329 e. The lowest BCUT2D eigenvalue weighted by Crippen LogP contribution is -2.63. The van der Waals surface area contributed by atoms with Gasteiger partial charge < -0.3 is 15.2 Å². The zero-order valence-electron chi connectivity index (χ0n) is 16.3. The molecule has 7 nitrogen and oxygen atoms in total. The molecule has 1 aliphatic heterocycles. The molecule has 2 rings (SSSR count). The van der Waals surface area contributed by atoms with E-state index in [4.69, 9.17) is 9.84 Å². The number of ether oxygens (including phenoxy) is 1. The van der Waals surface area contributed by atoms with E-state index < -0.39 is 33.2 Å². The first-order valence-corrected chi connectivity index (χ1v) is 10.9. The summed E-state index contributed by atoms with van der Waals surface area (Å²) in [6.07, 6.45) is 0.772. The van der Waals surface area contributed by atoms with E-state index in [0.29, 0.717) is 24.0 Å². The van der Waals surface area contributed by atoms with Crippen LogP contribution in [0.3, 0.4) is 0 Å². The predicted molar refractivity (Wildman–Crippen MR) is 107 cm³/mol. The Morgan fingerprint density at radius 2 is 1.90 bits per heavy atom. The van der Waals surface area contributed by atoms with Crippen LogP contribution in [0.1, 0.15) is 35.7 Å². The molecule has 8 heteroatoms. The van der Waals surface area contributed by atoms with Gasteiger partial charge in [0.25, 0.3) is 5.91 Å². The molecular weight excluding hydrogens is 394 g/mol. The minimum atomic E-state index is -3.21. The number of benzene rings is 1. The first-order valence-electron chi connectivity index (χ1n) is 9.06. The molecule has 29 heavy (non-hydrogen) atoms. The normalized spacial score (nSPS) is 16.7. The topological polar surface area (TPSA) is 110 Å². The first kappa shape index (κ1) is 22.5. The van der Waals surface area contributed by atoms with Crippen molar-refractivity contribution in [1.29, 1.82) is 0 Å². The summed E-state index contributed by atoms with van der Waals surface area (Å²) in [7, 11) is -2.00. The van der Waals surface area contributed by atoms with Gasteiger partial charge in [-0.1, -0.05) is 18.8 Å². The van der Waals surface area contributed by atoms with E-state index in [-0.39, 0.29) is 18.1 Å². The molecule has 1 aromatic rings. The number of aliphatic hydroxyl groups is 1. The van der Waals surface area contributed by atoms with Crippen LogP contribution in [-0.2, 0) is 19.4 Å². The van der Waals surface area contributed by atoms with E-state index in [1.807, 2.05) is 0 Å². The van der Waals surface area contributed by atoms with E-state index in [0.717, 1.165) is 0 Å². The van der Waals surface area contributed by atoms with Crippen molar-refractivity contribution < 1.29 is 27.9 Å². The van der Waals surface area contributed by atoms with Gasteiger partial charge in [0.15, 0.2) is 9.84 Å². The van der Waals surface area contributed by atoms with Gasteiger partial charge in [0.1, 0.15) is 6.04 Å². The average molecular weight is 417 g/mol. The number of amides is 1. The number of hydrogen-bond donors (Lipinski definition) is 2. The molecule has 0 unspecified atom stereocenters. The fourth-order valence-electron chi connectivity index (χ4n) is 3.17. The van der Waals surface area contributed by atoms with Crippen molar-refractivity contribution in [2.45, 2.75) is 25.8 Å². The Balaban J connectivity index is 2.14. The van der Waals surface area contributed by atoms with Gasteiger partial charge in [-0.05, 0) is 42.5 Å². The molecular formula is C21H23NO6S. The Morgan fingerprint density at radius 3 is 2.41 bits per heavy atom. The highest BCUT2D eigenvalue weighted by atomic mass is 32.2. The summed E-state index contributed by atoms with van der Waals surface area (Å²) in [6, 6.07) is 5.36. The first-order chi connectivity index (χ1) is 13.8. The average Bonchev–Trinajstić information content (AvgIpc) is 2.69. The molecule has 1 aliphatic rings. The maximum Gasteiger partial charge on any atom is 0.329 e. The number of aliphatic hydroxyl groups excluding tert-OH is 1. The Morgan fingerprint density at radius 1 is 1.24 bits per heavy atom. The van der Waals surface area contributed by atoms with Crippen LogP contribution in [0.2, 0.25) is 0 Å². The molecule has 2 N–H and O–H groups in total. The van der Waals surface area contributed by atoms with Crippen molar-refractivity contribution in [1.82, 2.24) is 5.32 Å². The third-order valence-corrected chi connectivity index (χ3v) is 6.81. The van der Waals surface area contributed by atoms with E-state index in [1.165, 1.54) is 7.11 Å². The Bertz CT molecular complexity index is 978. The van der Waals surface area contributed by atoms with Gasteiger partial charge in [0, 0.05) is 23.0 Å². The molecule has 0 saturated carbocycles. The molecule has 0 radical (unpaired) electrons. The van der Waals surface area contributed by atoms with Crippen molar-refractivity contribution in [2.75, 3.05) is 25.2 Å². The molecule has 1 heterocycles. The molecule has 1 saturated heterocycles. The molecule has 0 bridgehead atoms. The molecule has 0 aromatic heterocycles. The fourth-order valence-corrected chi connectivity index (χ4v) is 5.58. The Hall–Kier alpha value is -2.81. The van der Waals surface area contributed by atoms with Gasteiger partial charge in [-0.15, -0.1) is 0 Å². The van der Waals surface area contributed by atoms with E-state index in [1.54, 1.807) is 31.2 Å². The summed E-state index contributed by atoms with van der Waals surface area (Å²) in [5.41, 5.74) is 0.101. The lowest BCUT2D eigenvalue weighted by Gasteiger charge is -2.44. The summed E-state index contributed by atoms with van der Waals surface area (Å²) in [5.74, 6) is 9.27. The summed E-state index contributed by atoms with van der Waals surface area (Å²) < 4.78 is 28.2. The second kappa shape index (κ2) is 9.60. The molecule has 0 spiro atoms. The molecule has 0 aliphatic carbocycles. The lowest BCUT2D eigenvalue weighted by atomic mass is 9.80. The fraction of sp³-hybridized carbons (Fsp3) is 0.429. The van der Waals surface area contributed by atoms with Gasteiger partial charge in [0.05, 0.1) is 25.2 Å². The molecule has 1 aromatic carbocycles. The van der Waals surface area contributed by atoms with Crippen molar-refractivity contribution >= 4 is 21.7 Å². The number of hydrogen-bond acceptors (Lipinski definition) is 6. The number of carbonyl (C=O) groups is 2. The van der Waals surface area contributed by atoms with Gasteiger partial charge in [-0.25, -0.2) is 13.2 Å². The second-order valence-electron chi connectivity index (χ2n) is 6.78. The van der Waals surface area contributed by atoms with Crippen LogP contribution in [0.4, 0.5) is 0 Å². The number of carbonyl (C=O) groups excluding carboxylic acids is 2. The number of methoxy groups -OCH3 is 1. The van der Waals surface area contributed by atoms with Crippen LogP contribution in [0.25, 0.3) is 0 Å². The maximum absolute atomic E-state index is 12.6.